The lowest BCUT2D eigenvalue weighted by Crippen LogP contribution is -2.41. The number of hydrogen-bond donors (Lipinski definition) is 1. The lowest BCUT2D eigenvalue weighted by atomic mass is 10.2. The summed E-state index contributed by atoms with van der Waals surface area (Å²) >= 11 is 0. The Hall–Kier alpha value is -1.51. The summed E-state index contributed by atoms with van der Waals surface area (Å²) in [6.45, 7) is 0.361. The Morgan fingerprint density at radius 1 is 1.45 bits per heavy atom. The average molecular weight is 330 g/mol. The largest absolute Gasteiger partial charge is 0.377 e. The van der Waals surface area contributed by atoms with E-state index in [1.165, 1.54) is 18.2 Å². The smallest absolute Gasteiger partial charge is 0.239 e. The zero-order chi connectivity index (χ0) is 16.2. The fourth-order valence-electron chi connectivity index (χ4n) is 2.25. The van der Waals surface area contributed by atoms with Gasteiger partial charge < -0.3 is 10.1 Å². The number of amides is 1. The number of nitrogens with zero attached hydrogens (tertiary/aromatic N) is 1. The quantitative estimate of drug-likeness (QED) is 0.850. The van der Waals surface area contributed by atoms with Gasteiger partial charge in [-0.3, -0.25) is 4.79 Å². The first-order valence-electron chi connectivity index (χ1n) is 6.97. The number of para-hydroxylation sites is 1. The van der Waals surface area contributed by atoms with Crippen molar-refractivity contribution in [1.29, 1.82) is 0 Å². The van der Waals surface area contributed by atoms with Crippen molar-refractivity contribution in [2.24, 2.45) is 0 Å². The third kappa shape index (κ3) is 4.75. The van der Waals surface area contributed by atoms with E-state index in [1.54, 1.807) is 6.07 Å². The predicted octanol–water partition coefficient (Wildman–Crippen LogP) is 1.20. The van der Waals surface area contributed by atoms with Gasteiger partial charge in [0, 0.05) is 13.2 Å². The molecule has 0 spiro atoms. The van der Waals surface area contributed by atoms with Crippen LogP contribution in [0.2, 0.25) is 0 Å². The van der Waals surface area contributed by atoms with Crippen LogP contribution in [0.25, 0.3) is 0 Å². The highest BCUT2D eigenvalue weighted by molar-refractivity contribution is 7.88. The molecule has 1 aromatic rings. The number of halogens is 1. The van der Waals surface area contributed by atoms with Crippen LogP contribution < -0.4 is 5.32 Å². The van der Waals surface area contributed by atoms with Crippen molar-refractivity contribution in [3.05, 3.63) is 30.1 Å². The van der Waals surface area contributed by atoms with Crippen LogP contribution in [0, 0.1) is 5.82 Å². The normalized spacial score (nSPS) is 18.6. The molecule has 0 saturated carbocycles. The first-order chi connectivity index (χ1) is 10.4. The van der Waals surface area contributed by atoms with Gasteiger partial charge in [-0.15, -0.1) is 0 Å². The van der Waals surface area contributed by atoms with Gasteiger partial charge >= 0.3 is 0 Å². The molecule has 2 rings (SSSR count). The number of carbonyl (C=O) groups excluding carboxylic acids is 1. The van der Waals surface area contributed by atoms with Gasteiger partial charge in [-0.2, -0.15) is 4.31 Å². The second kappa shape index (κ2) is 7.17. The number of hydrogen-bond acceptors (Lipinski definition) is 4. The number of nitrogens with one attached hydrogen (secondary N) is 1. The molecule has 1 N–H and O–H groups in total. The molecule has 1 aliphatic rings. The Kier molecular flexibility index (Phi) is 5.49. The summed E-state index contributed by atoms with van der Waals surface area (Å²) in [6.07, 6.45) is 2.49. The number of benzene rings is 1. The predicted molar refractivity (Wildman–Crippen MR) is 80.4 cm³/mol. The summed E-state index contributed by atoms with van der Waals surface area (Å²) in [4.78, 5) is 12.0. The molecule has 1 saturated heterocycles. The van der Waals surface area contributed by atoms with Crippen LogP contribution in [0.5, 0.6) is 0 Å². The summed E-state index contributed by atoms with van der Waals surface area (Å²) in [5.74, 6) is -1.16. The van der Waals surface area contributed by atoms with Gasteiger partial charge in [-0.25, -0.2) is 12.8 Å². The number of rotatable bonds is 6. The molecule has 1 fully saturated rings. The highest BCUT2D eigenvalue weighted by Gasteiger charge is 2.26. The van der Waals surface area contributed by atoms with Crippen molar-refractivity contribution in [3.63, 3.8) is 0 Å². The van der Waals surface area contributed by atoms with E-state index in [-0.39, 0.29) is 24.9 Å². The van der Waals surface area contributed by atoms with Crippen molar-refractivity contribution in [3.8, 4) is 0 Å². The van der Waals surface area contributed by atoms with Crippen molar-refractivity contribution in [1.82, 2.24) is 4.31 Å². The fourth-order valence-corrected chi connectivity index (χ4v) is 3.03. The maximum atomic E-state index is 13.5. The molecular formula is C14H19FN2O4S. The molecule has 1 unspecified atom stereocenters. The average Bonchev–Trinajstić information content (AvgIpc) is 2.92. The van der Waals surface area contributed by atoms with Gasteiger partial charge in [-0.1, -0.05) is 12.1 Å². The van der Waals surface area contributed by atoms with E-state index in [2.05, 4.69) is 5.32 Å². The van der Waals surface area contributed by atoms with E-state index in [0.29, 0.717) is 6.61 Å². The van der Waals surface area contributed by atoms with Crippen LogP contribution in [-0.4, -0.2) is 50.7 Å². The summed E-state index contributed by atoms with van der Waals surface area (Å²) in [5, 5.41) is 2.38. The van der Waals surface area contributed by atoms with Gasteiger partial charge in [0.15, 0.2) is 0 Å². The number of carbonyl (C=O) groups is 1. The lowest BCUT2D eigenvalue weighted by Gasteiger charge is -2.22. The molecule has 1 aromatic carbocycles. The molecule has 0 radical (unpaired) electrons. The first kappa shape index (κ1) is 16.9. The molecule has 1 atom stereocenters. The molecule has 0 aliphatic carbocycles. The van der Waals surface area contributed by atoms with Crippen LogP contribution in [0.1, 0.15) is 12.8 Å². The Morgan fingerprint density at radius 2 is 2.18 bits per heavy atom. The van der Waals surface area contributed by atoms with E-state index >= 15 is 0 Å². The van der Waals surface area contributed by atoms with Crippen LogP contribution in [-0.2, 0) is 19.6 Å². The van der Waals surface area contributed by atoms with E-state index in [4.69, 9.17) is 4.74 Å². The fraction of sp³-hybridized carbons (Fsp3) is 0.500. The summed E-state index contributed by atoms with van der Waals surface area (Å²) < 4.78 is 43.5. The van der Waals surface area contributed by atoms with E-state index in [0.717, 1.165) is 23.4 Å². The van der Waals surface area contributed by atoms with Crippen LogP contribution in [0.3, 0.4) is 0 Å². The third-order valence-electron chi connectivity index (χ3n) is 3.37. The highest BCUT2D eigenvalue weighted by atomic mass is 32.2. The zero-order valence-electron chi connectivity index (χ0n) is 12.3. The minimum atomic E-state index is -3.55. The molecule has 1 amide bonds. The minimum Gasteiger partial charge on any atom is -0.377 e. The molecule has 8 heteroatoms. The molecule has 0 bridgehead atoms. The Bertz CT molecular complexity index is 629. The summed E-state index contributed by atoms with van der Waals surface area (Å²) in [7, 11) is -3.55. The lowest BCUT2D eigenvalue weighted by molar-refractivity contribution is -0.116. The standard InChI is InChI=1S/C14H19FN2O4S/c1-22(19,20)17(9-11-5-4-8-21-11)10-14(18)16-13-7-3-2-6-12(13)15/h2-3,6-7,11H,4-5,8-10H2,1H3,(H,16,18). The Labute approximate surface area is 129 Å². The molecule has 22 heavy (non-hydrogen) atoms. The van der Waals surface area contributed by atoms with Gasteiger partial charge in [0.2, 0.25) is 15.9 Å². The maximum absolute atomic E-state index is 13.5. The van der Waals surface area contributed by atoms with Crippen molar-refractivity contribution in [2.45, 2.75) is 18.9 Å². The Balaban J connectivity index is 2.00. The van der Waals surface area contributed by atoms with Crippen LogP contribution in [0.4, 0.5) is 10.1 Å². The van der Waals surface area contributed by atoms with E-state index < -0.39 is 21.7 Å². The summed E-state index contributed by atoms with van der Waals surface area (Å²) in [5.41, 5.74) is 0.0260. The Morgan fingerprint density at radius 3 is 2.77 bits per heavy atom. The minimum absolute atomic E-state index is 0.0260. The van der Waals surface area contributed by atoms with Crippen LogP contribution in [0.15, 0.2) is 24.3 Å². The molecule has 1 aliphatic heterocycles. The number of ether oxygens (including phenoxy) is 1. The van der Waals surface area contributed by atoms with Crippen LogP contribution >= 0.6 is 0 Å². The molecule has 122 valence electrons. The molecular weight excluding hydrogens is 311 g/mol. The number of sulfonamides is 1. The second-order valence-corrected chi connectivity index (χ2v) is 7.20. The van der Waals surface area contributed by atoms with Crippen molar-refractivity contribution >= 4 is 21.6 Å². The highest BCUT2D eigenvalue weighted by Crippen LogP contribution is 2.16. The third-order valence-corrected chi connectivity index (χ3v) is 4.58. The monoisotopic (exact) mass is 330 g/mol. The summed E-state index contributed by atoms with van der Waals surface area (Å²) in [6, 6.07) is 5.72. The zero-order valence-corrected chi connectivity index (χ0v) is 13.1. The van der Waals surface area contributed by atoms with E-state index in [9.17, 15) is 17.6 Å². The molecule has 0 aromatic heterocycles. The van der Waals surface area contributed by atoms with E-state index in [1.807, 2.05) is 0 Å². The van der Waals surface area contributed by atoms with Crippen molar-refractivity contribution in [2.75, 3.05) is 31.3 Å². The molecule has 1 heterocycles. The maximum Gasteiger partial charge on any atom is 0.239 e. The second-order valence-electron chi connectivity index (χ2n) is 5.22. The van der Waals surface area contributed by atoms with Gasteiger partial charge in [0.25, 0.3) is 0 Å². The number of anilines is 1. The van der Waals surface area contributed by atoms with Gasteiger partial charge in [0.1, 0.15) is 5.82 Å². The molecule has 6 nitrogen and oxygen atoms in total. The first-order valence-corrected chi connectivity index (χ1v) is 8.82. The van der Waals surface area contributed by atoms with Gasteiger partial charge in [-0.05, 0) is 25.0 Å². The van der Waals surface area contributed by atoms with Crippen molar-refractivity contribution < 1.29 is 22.3 Å². The topological polar surface area (TPSA) is 75.7 Å². The van der Waals surface area contributed by atoms with Gasteiger partial charge in [0.05, 0.1) is 24.6 Å². The SMILES string of the molecule is CS(=O)(=O)N(CC(=O)Nc1ccccc1F)CC1CCCO1.